The predicted molar refractivity (Wildman–Crippen MR) is 83.1 cm³/mol. The van der Waals surface area contributed by atoms with Crippen LogP contribution in [0, 0.1) is 0 Å². The van der Waals surface area contributed by atoms with E-state index in [1.807, 2.05) is 49.5 Å². The van der Waals surface area contributed by atoms with Crippen LogP contribution in [0.15, 0.2) is 42.5 Å². The van der Waals surface area contributed by atoms with Crippen molar-refractivity contribution < 1.29 is 14.2 Å². The fourth-order valence-electron chi connectivity index (χ4n) is 2.07. The first-order valence-electron chi connectivity index (χ1n) is 6.84. The molecule has 112 valence electrons. The number of hydrogen-bond acceptors (Lipinski definition) is 4. The van der Waals surface area contributed by atoms with E-state index in [-0.39, 0.29) is 0 Å². The summed E-state index contributed by atoms with van der Waals surface area (Å²) in [5.41, 5.74) is 2.21. The van der Waals surface area contributed by atoms with E-state index in [9.17, 15) is 0 Å². The lowest BCUT2D eigenvalue weighted by atomic mass is 10.2. The molecule has 0 aliphatic rings. The molecule has 0 aliphatic carbocycles. The first-order valence-corrected chi connectivity index (χ1v) is 6.84. The number of benzene rings is 2. The molecule has 0 aliphatic heterocycles. The summed E-state index contributed by atoms with van der Waals surface area (Å²) in [6.45, 7) is 1.27. The highest BCUT2D eigenvalue weighted by Crippen LogP contribution is 2.29. The number of ether oxygens (including phenoxy) is 3. The molecular formula is C17H21NO3. The molecule has 0 aromatic heterocycles. The van der Waals surface area contributed by atoms with Gasteiger partial charge in [-0.25, -0.2) is 0 Å². The summed E-state index contributed by atoms with van der Waals surface area (Å²) in [6.07, 6.45) is 0. The van der Waals surface area contributed by atoms with Crippen LogP contribution in [0.1, 0.15) is 11.1 Å². The monoisotopic (exact) mass is 287 g/mol. The average Bonchev–Trinajstić information content (AvgIpc) is 2.54. The van der Waals surface area contributed by atoms with Crippen molar-refractivity contribution in [1.82, 2.24) is 5.32 Å². The van der Waals surface area contributed by atoms with Crippen molar-refractivity contribution in [1.29, 1.82) is 0 Å². The van der Waals surface area contributed by atoms with E-state index < -0.39 is 0 Å². The van der Waals surface area contributed by atoms with Crippen LogP contribution in [0.2, 0.25) is 0 Å². The Labute approximate surface area is 125 Å². The maximum atomic E-state index is 5.85. The highest BCUT2D eigenvalue weighted by Gasteiger charge is 2.06. The first kappa shape index (κ1) is 15.2. The van der Waals surface area contributed by atoms with Crippen LogP contribution in [0.3, 0.4) is 0 Å². The highest BCUT2D eigenvalue weighted by atomic mass is 16.5. The maximum absolute atomic E-state index is 5.85. The van der Waals surface area contributed by atoms with E-state index in [2.05, 4.69) is 5.32 Å². The molecule has 0 saturated carbocycles. The molecule has 2 aromatic rings. The number of nitrogens with one attached hydrogen (secondary N) is 1. The molecule has 2 rings (SSSR count). The largest absolute Gasteiger partial charge is 0.497 e. The van der Waals surface area contributed by atoms with Crippen molar-refractivity contribution in [3.05, 3.63) is 53.6 Å². The zero-order valence-electron chi connectivity index (χ0n) is 12.7. The summed E-state index contributed by atoms with van der Waals surface area (Å²) in [7, 11) is 5.22. The molecule has 0 saturated heterocycles. The van der Waals surface area contributed by atoms with Crippen molar-refractivity contribution in [3.8, 4) is 17.2 Å². The lowest BCUT2D eigenvalue weighted by molar-refractivity contribution is 0.283. The Morgan fingerprint density at radius 1 is 0.905 bits per heavy atom. The fraction of sp³-hybridized carbons (Fsp3) is 0.294. The van der Waals surface area contributed by atoms with E-state index in [1.165, 1.54) is 0 Å². The topological polar surface area (TPSA) is 39.7 Å². The zero-order valence-corrected chi connectivity index (χ0v) is 12.7. The maximum Gasteiger partial charge on any atom is 0.161 e. The van der Waals surface area contributed by atoms with Crippen LogP contribution in [-0.2, 0) is 13.2 Å². The molecule has 0 bridgehead atoms. The summed E-state index contributed by atoms with van der Waals surface area (Å²) in [4.78, 5) is 0. The molecule has 0 radical (unpaired) electrons. The van der Waals surface area contributed by atoms with Gasteiger partial charge in [0.15, 0.2) is 11.5 Å². The summed E-state index contributed by atoms with van der Waals surface area (Å²) in [5, 5.41) is 3.12. The number of rotatable bonds is 7. The molecule has 0 spiro atoms. The minimum atomic E-state index is 0.471. The minimum absolute atomic E-state index is 0.471. The van der Waals surface area contributed by atoms with Crippen LogP contribution in [0.5, 0.6) is 17.2 Å². The summed E-state index contributed by atoms with van der Waals surface area (Å²) >= 11 is 0. The van der Waals surface area contributed by atoms with Crippen LogP contribution in [0.25, 0.3) is 0 Å². The molecule has 0 atom stereocenters. The van der Waals surface area contributed by atoms with Gasteiger partial charge in [-0.05, 0) is 42.4 Å². The third-order valence-electron chi connectivity index (χ3n) is 3.14. The second-order valence-corrected chi connectivity index (χ2v) is 4.66. The Morgan fingerprint density at radius 3 is 2.48 bits per heavy atom. The second-order valence-electron chi connectivity index (χ2n) is 4.66. The normalized spacial score (nSPS) is 10.2. The van der Waals surface area contributed by atoms with Gasteiger partial charge in [-0.3, -0.25) is 0 Å². The van der Waals surface area contributed by atoms with Gasteiger partial charge in [-0.2, -0.15) is 0 Å². The van der Waals surface area contributed by atoms with Crippen LogP contribution < -0.4 is 19.5 Å². The molecule has 0 heterocycles. The lowest BCUT2D eigenvalue weighted by Crippen LogP contribution is -2.05. The van der Waals surface area contributed by atoms with E-state index in [4.69, 9.17) is 14.2 Å². The third kappa shape index (κ3) is 4.13. The fourth-order valence-corrected chi connectivity index (χ4v) is 2.07. The van der Waals surface area contributed by atoms with Gasteiger partial charge >= 0.3 is 0 Å². The summed E-state index contributed by atoms with van der Waals surface area (Å²) < 4.78 is 16.4. The molecule has 4 heteroatoms. The Kier molecular flexibility index (Phi) is 5.46. The van der Waals surface area contributed by atoms with E-state index in [0.717, 1.165) is 34.9 Å². The Bertz CT molecular complexity index is 584. The Balaban J connectivity index is 2.08. The number of hydrogen-bond donors (Lipinski definition) is 1. The van der Waals surface area contributed by atoms with E-state index in [1.54, 1.807) is 14.2 Å². The smallest absolute Gasteiger partial charge is 0.161 e. The number of methoxy groups -OCH3 is 2. The minimum Gasteiger partial charge on any atom is -0.497 e. The van der Waals surface area contributed by atoms with Gasteiger partial charge in [0.25, 0.3) is 0 Å². The van der Waals surface area contributed by atoms with Gasteiger partial charge < -0.3 is 19.5 Å². The second kappa shape index (κ2) is 7.55. The molecule has 0 unspecified atom stereocenters. The molecule has 0 amide bonds. The first-order chi connectivity index (χ1) is 10.3. The lowest BCUT2D eigenvalue weighted by Gasteiger charge is -2.12. The van der Waals surface area contributed by atoms with Crippen LogP contribution in [-0.4, -0.2) is 21.3 Å². The van der Waals surface area contributed by atoms with Gasteiger partial charge in [0.2, 0.25) is 0 Å². The van der Waals surface area contributed by atoms with Crippen molar-refractivity contribution in [2.24, 2.45) is 0 Å². The van der Waals surface area contributed by atoms with Gasteiger partial charge in [0.05, 0.1) is 14.2 Å². The van der Waals surface area contributed by atoms with Crippen molar-refractivity contribution >= 4 is 0 Å². The quantitative estimate of drug-likeness (QED) is 0.850. The molecular weight excluding hydrogens is 266 g/mol. The van der Waals surface area contributed by atoms with E-state index in [0.29, 0.717) is 6.61 Å². The SMILES string of the molecule is CNCc1ccc(OCc2cccc(OC)c2)c(OC)c1. The average molecular weight is 287 g/mol. The van der Waals surface area contributed by atoms with Crippen molar-refractivity contribution in [2.45, 2.75) is 13.2 Å². The molecule has 21 heavy (non-hydrogen) atoms. The molecule has 0 fully saturated rings. The van der Waals surface area contributed by atoms with Crippen LogP contribution >= 0.6 is 0 Å². The van der Waals surface area contributed by atoms with Crippen LogP contribution in [0.4, 0.5) is 0 Å². The highest BCUT2D eigenvalue weighted by molar-refractivity contribution is 5.43. The van der Waals surface area contributed by atoms with Gasteiger partial charge in [-0.1, -0.05) is 18.2 Å². The summed E-state index contributed by atoms with van der Waals surface area (Å²) in [6, 6.07) is 13.8. The van der Waals surface area contributed by atoms with Gasteiger partial charge in [0.1, 0.15) is 12.4 Å². The van der Waals surface area contributed by atoms with Crippen molar-refractivity contribution in [3.63, 3.8) is 0 Å². The molecule has 1 N–H and O–H groups in total. The van der Waals surface area contributed by atoms with Gasteiger partial charge in [0, 0.05) is 6.54 Å². The zero-order chi connectivity index (χ0) is 15.1. The molecule has 4 nitrogen and oxygen atoms in total. The predicted octanol–water partition coefficient (Wildman–Crippen LogP) is 3.00. The third-order valence-corrected chi connectivity index (χ3v) is 3.14. The van der Waals surface area contributed by atoms with E-state index >= 15 is 0 Å². The standard InChI is InChI=1S/C17H21NO3/c1-18-11-13-7-8-16(17(10-13)20-3)21-12-14-5-4-6-15(9-14)19-2/h4-10,18H,11-12H2,1-3H3. The Hall–Kier alpha value is -2.20. The van der Waals surface area contributed by atoms with Gasteiger partial charge in [-0.15, -0.1) is 0 Å². The van der Waals surface area contributed by atoms with Crippen molar-refractivity contribution in [2.75, 3.05) is 21.3 Å². The summed E-state index contributed by atoms with van der Waals surface area (Å²) in [5.74, 6) is 2.30. The Morgan fingerprint density at radius 2 is 1.76 bits per heavy atom. The molecule has 2 aromatic carbocycles.